The van der Waals surface area contributed by atoms with Gasteiger partial charge in [0.15, 0.2) is 0 Å². The van der Waals surface area contributed by atoms with Gasteiger partial charge >= 0.3 is 0 Å². The molecule has 0 fully saturated rings. The van der Waals surface area contributed by atoms with Gasteiger partial charge in [0.1, 0.15) is 24.0 Å². The first-order valence-electron chi connectivity index (χ1n) is 26.2. The predicted octanol–water partition coefficient (Wildman–Crippen LogP) is 17.8. The molecule has 11 rings (SSSR count). The second-order valence-electron chi connectivity index (χ2n) is 21.6. The van der Waals surface area contributed by atoms with Crippen LogP contribution in [0.2, 0.25) is 0 Å². The summed E-state index contributed by atoms with van der Waals surface area (Å²) < 4.78 is 35.5. The second kappa shape index (κ2) is 17.5. The molecule has 0 N–H and O–H groups in total. The van der Waals surface area contributed by atoms with Crippen molar-refractivity contribution in [1.82, 2.24) is 9.55 Å². The second-order valence-corrected chi connectivity index (χ2v) is 21.6. The number of ether oxygens (including phenoxy) is 1. The molecule has 8 aromatic carbocycles. The van der Waals surface area contributed by atoms with E-state index in [0.29, 0.717) is 29.5 Å². The van der Waals surface area contributed by atoms with E-state index in [2.05, 4.69) is 197 Å². The summed E-state index contributed by atoms with van der Waals surface area (Å²) in [6.45, 7) is 16.3. The maximum absolute atomic E-state index is 8.85. The average Bonchev–Trinajstić information content (AvgIpc) is 3.94. The van der Waals surface area contributed by atoms with E-state index in [1.54, 1.807) is 12.3 Å². The first kappa shape index (κ1) is 42.0. The van der Waals surface area contributed by atoms with Gasteiger partial charge in [-0.1, -0.05) is 171 Å². The van der Waals surface area contributed by atoms with Crippen molar-refractivity contribution in [3.8, 4) is 39.6 Å². The van der Waals surface area contributed by atoms with Crippen molar-refractivity contribution < 1.29 is 8.85 Å². The van der Waals surface area contributed by atoms with Crippen molar-refractivity contribution in [1.29, 1.82) is 0 Å². The molecule has 5 nitrogen and oxygen atoms in total. The zero-order valence-corrected chi connectivity index (χ0v) is 42.0. The minimum absolute atomic E-state index is 0.0143. The Kier molecular flexibility index (Phi) is 10.4. The number of aromatic nitrogens is 2. The summed E-state index contributed by atoms with van der Waals surface area (Å²) in [5.41, 5.74) is 14.7. The Balaban J connectivity index is 0.972. The zero-order chi connectivity index (χ0) is 51.7. The van der Waals surface area contributed by atoms with Crippen LogP contribution in [0.1, 0.15) is 87.3 Å². The molecule has 10 aromatic rings. The summed E-state index contributed by atoms with van der Waals surface area (Å²) in [5.74, 6) is 1.85. The molecule has 0 unspecified atom stereocenters. The van der Waals surface area contributed by atoms with Gasteiger partial charge in [-0.3, -0.25) is 4.57 Å². The highest BCUT2D eigenvalue weighted by atomic mass is 16.5. The normalized spacial score (nSPS) is 13.8. The number of fused-ring (bicyclic) bond motifs is 4. The van der Waals surface area contributed by atoms with Crippen LogP contribution in [0.15, 0.2) is 200 Å². The van der Waals surface area contributed by atoms with Gasteiger partial charge in [-0.25, -0.2) is 4.98 Å². The topological polar surface area (TPSA) is 33.5 Å². The summed E-state index contributed by atoms with van der Waals surface area (Å²) in [5, 5.41) is 2.02. The number of anilines is 4. The van der Waals surface area contributed by atoms with E-state index >= 15 is 0 Å². The number of hydrogen-bond acceptors (Lipinski definition) is 4. The van der Waals surface area contributed by atoms with Crippen molar-refractivity contribution >= 4 is 44.6 Å². The first-order valence-corrected chi connectivity index (χ1v) is 24.7. The maximum atomic E-state index is 8.85. The predicted molar refractivity (Wildman–Crippen MR) is 299 cm³/mol. The molecule has 71 heavy (non-hydrogen) atoms. The lowest BCUT2D eigenvalue weighted by atomic mass is 9.78. The van der Waals surface area contributed by atoms with E-state index in [9.17, 15) is 0 Å². The van der Waals surface area contributed by atoms with E-state index < -0.39 is 6.85 Å². The molecule has 0 saturated heterocycles. The monoisotopic (exact) mass is 930 g/mol. The standard InChI is InChI=1S/C66H62N4O/c1-44-35-63(67-42-58(44)46-27-30-49(31-28-46)66(8,9)48-21-14-11-15-22-48)70-59-34-29-47(45-19-12-10-13-20-45)36-57(59)56-33-32-55(41-62(56)70)71-54-24-18-23-52(40-54)68-43-69(61-26-17-16-25-60(61)68)53-38-50(64(2,3)4)37-51(39-53)65(5,6)7/h10-42H,43H2,1-9H3/i1D3. The molecule has 0 amide bonds. The third-order valence-corrected chi connectivity index (χ3v) is 14.4. The van der Waals surface area contributed by atoms with Gasteiger partial charge in [0.05, 0.1) is 22.4 Å². The molecular formula is C66H62N4O. The minimum atomic E-state index is -2.42. The van der Waals surface area contributed by atoms with E-state index in [4.69, 9.17) is 13.8 Å². The van der Waals surface area contributed by atoms with Crippen LogP contribution in [-0.2, 0) is 16.2 Å². The fourth-order valence-corrected chi connectivity index (χ4v) is 10.1. The third-order valence-electron chi connectivity index (χ3n) is 14.4. The Morgan fingerprint density at radius 1 is 0.465 bits per heavy atom. The SMILES string of the molecule is [2H]C([2H])([2H])c1cc(-n2c3ccc(-c4ccccc4)cc3c3ccc(Oc4cccc(N5CN(c6cc(C(C)(C)C)cc(C(C)(C)C)c6)c6ccccc65)c4)cc32)ncc1-c1ccc(C(C)(C)c2ccccc2)cc1. The van der Waals surface area contributed by atoms with Gasteiger partial charge in [-0.05, 0) is 129 Å². The van der Waals surface area contributed by atoms with E-state index in [0.717, 1.165) is 61.1 Å². The summed E-state index contributed by atoms with van der Waals surface area (Å²) in [7, 11) is 0. The fraction of sp³-hybridized carbons (Fsp3) is 0.197. The van der Waals surface area contributed by atoms with E-state index in [1.165, 1.54) is 22.4 Å². The Morgan fingerprint density at radius 3 is 1.76 bits per heavy atom. The van der Waals surface area contributed by atoms with E-state index in [1.807, 2.05) is 60.7 Å². The van der Waals surface area contributed by atoms with Crippen LogP contribution in [0.3, 0.4) is 0 Å². The molecule has 0 saturated carbocycles. The van der Waals surface area contributed by atoms with Gasteiger partial charge in [0.2, 0.25) is 0 Å². The highest BCUT2D eigenvalue weighted by Crippen LogP contribution is 2.47. The number of hydrogen-bond donors (Lipinski definition) is 0. The highest BCUT2D eigenvalue weighted by molar-refractivity contribution is 6.10. The Morgan fingerprint density at radius 2 is 1.08 bits per heavy atom. The Hall–Kier alpha value is -7.89. The summed E-state index contributed by atoms with van der Waals surface area (Å²) >= 11 is 0. The van der Waals surface area contributed by atoms with Crippen molar-refractivity contribution in [3.05, 3.63) is 228 Å². The molecule has 0 atom stereocenters. The summed E-state index contributed by atoms with van der Waals surface area (Å²) in [6, 6.07) is 67.4. The lowest BCUT2D eigenvalue weighted by Crippen LogP contribution is -2.25. The zero-order valence-electron chi connectivity index (χ0n) is 45.0. The number of nitrogens with zero attached hydrogens (tertiary/aromatic N) is 4. The molecule has 2 aromatic heterocycles. The maximum Gasteiger partial charge on any atom is 0.137 e. The largest absolute Gasteiger partial charge is 0.457 e. The molecular weight excluding hydrogens is 865 g/mol. The smallest absolute Gasteiger partial charge is 0.137 e. The molecule has 352 valence electrons. The van der Waals surface area contributed by atoms with E-state index in [-0.39, 0.29) is 21.8 Å². The van der Waals surface area contributed by atoms with Crippen LogP contribution < -0.4 is 14.5 Å². The van der Waals surface area contributed by atoms with Crippen LogP contribution in [-0.4, -0.2) is 16.2 Å². The first-order chi connectivity index (χ1) is 35.3. The van der Waals surface area contributed by atoms with Gasteiger partial charge in [-0.2, -0.15) is 0 Å². The van der Waals surface area contributed by atoms with Crippen molar-refractivity contribution in [2.45, 2.75) is 78.5 Å². The molecule has 1 aliphatic rings. The number of aryl methyl sites for hydroxylation is 1. The van der Waals surface area contributed by atoms with Gasteiger partial charge in [-0.15, -0.1) is 0 Å². The van der Waals surface area contributed by atoms with Crippen molar-refractivity contribution in [3.63, 3.8) is 0 Å². The number of rotatable bonds is 9. The van der Waals surface area contributed by atoms with Crippen molar-refractivity contribution in [2.24, 2.45) is 0 Å². The van der Waals surface area contributed by atoms with Crippen LogP contribution in [0.5, 0.6) is 11.5 Å². The van der Waals surface area contributed by atoms with Gasteiger partial charge in [0.25, 0.3) is 0 Å². The molecule has 0 bridgehead atoms. The van der Waals surface area contributed by atoms with Gasteiger partial charge < -0.3 is 14.5 Å². The lowest BCUT2D eigenvalue weighted by Gasteiger charge is -2.29. The molecule has 1 aliphatic heterocycles. The quantitative estimate of drug-likeness (QED) is 0.144. The molecule has 5 heteroatoms. The lowest BCUT2D eigenvalue weighted by molar-refractivity contribution is 0.483. The molecule has 0 radical (unpaired) electrons. The van der Waals surface area contributed by atoms with Crippen molar-refractivity contribution in [2.75, 3.05) is 16.5 Å². The summed E-state index contributed by atoms with van der Waals surface area (Å²) in [6.07, 6.45) is 1.72. The van der Waals surface area contributed by atoms with Crippen LogP contribution in [0, 0.1) is 6.85 Å². The Labute approximate surface area is 423 Å². The number of pyridine rings is 1. The van der Waals surface area contributed by atoms with Crippen LogP contribution >= 0.6 is 0 Å². The average molecular weight is 930 g/mol. The summed E-state index contributed by atoms with van der Waals surface area (Å²) in [4.78, 5) is 9.86. The number of para-hydroxylation sites is 2. The minimum Gasteiger partial charge on any atom is -0.457 e. The van der Waals surface area contributed by atoms with Gasteiger partial charge in [0, 0.05) is 55.6 Å². The molecule has 0 spiro atoms. The van der Waals surface area contributed by atoms with Crippen LogP contribution in [0.25, 0.3) is 49.9 Å². The molecule has 3 heterocycles. The van der Waals surface area contributed by atoms with Crippen LogP contribution in [0.4, 0.5) is 22.7 Å². The molecule has 0 aliphatic carbocycles. The fourth-order valence-electron chi connectivity index (χ4n) is 10.1. The third kappa shape index (κ3) is 8.54. The Bertz CT molecular complexity index is 3680. The number of benzene rings is 8. The highest BCUT2D eigenvalue weighted by Gasteiger charge is 2.31.